The Morgan fingerprint density at radius 1 is 1.22 bits per heavy atom. The van der Waals surface area contributed by atoms with E-state index in [1.54, 1.807) is 35.9 Å². The van der Waals surface area contributed by atoms with Crippen LogP contribution >= 0.6 is 11.3 Å². The first-order valence-electron chi connectivity index (χ1n) is 7.11. The van der Waals surface area contributed by atoms with Gasteiger partial charge in [0.15, 0.2) is 0 Å². The maximum absolute atomic E-state index is 13.1. The van der Waals surface area contributed by atoms with Gasteiger partial charge in [0.25, 0.3) is 0 Å². The molecule has 23 heavy (non-hydrogen) atoms. The van der Waals surface area contributed by atoms with Crippen molar-refractivity contribution in [2.75, 3.05) is 5.32 Å². The summed E-state index contributed by atoms with van der Waals surface area (Å²) in [5, 5.41) is 5.54. The second-order valence-corrected chi connectivity index (χ2v) is 5.80. The third-order valence-electron chi connectivity index (χ3n) is 3.20. The summed E-state index contributed by atoms with van der Waals surface area (Å²) in [6.45, 7) is 0. The highest BCUT2D eigenvalue weighted by Gasteiger charge is 2.08. The maximum atomic E-state index is 13.1. The van der Waals surface area contributed by atoms with Gasteiger partial charge in [0.05, 0.1) is 5.69 Å². The monoisotopic (exact) mass is 327 g/mol. The number of carbonyl (C=O) groups excluding carboxylic acids is 1. The molecule has 0 unspecified atom stereocenters. The predicted molar refractivity (Wildman–Crippen MR) is 88.7 cm³/mol. The highest BCUT2D eigenvalue weighted by atomic mass is 32.1. The highest BCUT2D eigenvalue weighted by molar-refractivity contribution is 7.13. The number of rotatable bonds is 5. The second kappa shape index (κ2) is 7.11. The largest absolute Gasteiger partial charge is 0.326 e. The van der Waals surface area contributed by atoms with Crippen LogP contribution in [0, 0.1) is 5.82 Å². The molecule has 6 heteroatoms. The van der Waals surface area contributed by atoms with Gasteiger partial charge in [-0.1, -0.05) is 6.07 Å². The van der Waals surface area contributed by atoms with E-state index < -0.39 is 0 Å². The van der Waals surface area contributed by atoms with Crippen molar-refractivity contribution in [2.24, 2.45) is 0 Å². The van der Waals surface area contributed by atoms with Crippen LogP contribution in [-0.4, -0.2) is 15.9 Å². The average molecular weight is 327 g/mol. The summed E-state index contributed by atoms with van der Waals surface area (Å²) < 4.78 is 13.1. The molecule has 116 valence electrons. The summed E-state index contributed by atoms with van der Waals surface area (Å²) in [7, 11) is 0. The normalized spacial score (nSPS) is 10.5. The number of nitrogens with one attached hydrogen (secondary N) is 1. The minimum absolute atomic E-state index is 0.158. The van der Waals surface area contributed by atoms with Crippen LogP contribution in [0.15, 0.2) is 54.2 Å². The Bertz CT molecular complexity index is 804. The molecule has 0 atom stereocenters. The van der Waals surface area contributed by atoms with Gasteiger partial charge in [-0.05, 0) is 36.8 Å². The number of anilines is 1. The van der Waals surface area contributed by atoms with E-state index in [2.05, 4.69) is 15.3 Å². The number of aryl methyl sites for hydroxylation is 1. The molecule has 1 N–H and O–H groups in total. The molecule has 3 rings (SSSR count). The lowest BCUT2D eigenvalue weighted by Gasteiger charge is -2.04. The quantitative estimate of drug-likeness (QED) is 0.773. The molecule has 0 aliphatic rings. The van der Waals surface area contributed by atoms with Gasteiger partial charge in [0, 0.05) is 35.4 Å². The Morgan fingerprint density at radius 3 is 2.83 bits per heavy atom. The first-order chi connectivity index (χ1) is 11.2. The SMILES string of the molecule is O=C(CCc1csc(-c2ccncc2)n1)Nc1cccc(F)c1. The van der Waals surface area contributed by atoms with Crippen molar-refractivity contribution in [3.63, 3.8) is 0 Å². The topological polar surface area (TPSA) is 54.9 Å². The molecule has 0 bridgehead atoms. The molecule has 0 aliphatic carbocycles. The zero-order valence-corrected chi connectivity index (χ0v) is 13.0. The van der Waals surface area contributed by atoms with Gasteiger partial charge in [0.2, 0.25) is 5.91 Å². The van der Waals surface area contributed by atoms with Crippen LogP contribution in [-0.2, 0) is 11.2 Å². The van der Waals surface area contributed by atoms with Crippen molar-refractivity contribution < 1.29 is 9.18 Å². The number of nitrogens with zero attached hydrogens (tertiary/aromatic N) is 2. The molecule has 0 aliphatic heterocycles. The molecule has 4 nitrogen and oxygen atoms in total. The smallest absolute Gasteiger partial charge is 0.224 e. The van der Waals surface area contributed by atoms with E-state index in [-0.39, 0.29) is 11.7 Å². The summed E-state index contributed by atoms with van der Waals surface area (Å²) in [6, 6.07) is 9.66. The molecule has 0 saturated heterocycles. The summed E-state index contributed by atoms with van der Waals surface area (Å²) in [4.78, 5) is 20.4. The molecule has 3 aromatic rings. The van der Waals surface area contributed by atoms with Gasteiger partial charge in [-0.3, -0.25) is 9.78 Å². The minimum atomic E-state index is -0.371. The molecule has 2 heterocycles. The summed E-state index contributed by atoms with van der Waals surface area (Å²) in [5.41, 5.74) is 2.35. The van der Waals surface area contributed by atoms with Crippen molar-refractivity contribution in [2.45, 2.75) is 12.8 Å². The third-order valence-corrected chi connectivity index (χ3v) is 4.14. The van der Waals surface area contributed by atoms with Gasteiger partial charge in [-0.2, -0.15) is 0 Å². The molecule has 1 amide bonds. The van der Waals surface area contributed by atoms with Crippen molar-refractivity contribution >= 4 is 22.9 Å². The minimum Gasteiger partial charge on any atom is -0.326 e. The Hall–Kier alpha value is -2.60. The summed E-state index contributed by atoms with van der Waals surface area (Å²) in [6.07, 6.45) is 4.30. The lowest BCUT2D eigenvalue weighted by atomic mass is 10.2. The fraction of sp³-hybridized carbons (Fsp3) is 0.118. The summed E-state index contributed by atoms with van der Waals surface area (Å²) >= 11 is 1.54. The van der Waals surface area contributed by atoms with Crippen LogP contribution < -0.4 is 5.32 Å². The zero-order chi connectivity index (χ0) is 16.1. The van der Waals surface area contributed by atoms with E-state index >= 15 is 0 Å². The number of aromatic nitrogens is 2. The molecular weight excluding hydrogens is 313 g/mol. The third kappa shape index (κ3) is 4.20. The summed E-state index contributed by atoms with van der Waals surface area (Å²) in [5.74, 6) is -0.529. The number of amides is 1. The Morgan fingerprint density at radius 2 is 2.04 bits per heavy atom. The highest BCUT2D eigenvalue weighted by Crippen LogP contribution is 2.23. The zero-order valence-electron chi connectivity index (χ0n) is 12.2. The lowest BCUT2D eigenvalue weighted by molar-refractivity contribution is -0.116. The molecule has 2 aromatic heterocycles. The van der Waals surface area contributed by atoms with Crippen LogP contribution in [0.1, 0.15) is 12.1 Å². The van der Waals surface area contributed by atoms with Crippen LogP contribution in [0.3, 0.4) is 0 Å². The molecular formula is C17H14FN3OS. The van der Waals surface area contributed by atoms with E-state index in [1.165, 1.54) is 12.1 Å². The first kappa shape index (κ1) is 15.3. The van der Waals surface area contributed by atoms with Gasteiger partial charge in [0.1, 0.15) is 10.8 Å². The van der Waals surface area contributed by atoms with Crippen LogP contribution in [0.25, 0.3) is 10.6 Å². The molecule has 0 fully saturated rings. The second-order valence-electron chi connectivity index (χ2n) is 4.94. The van der Waals surface area contributed by atoms with E-state index in [0.717, 1.165) is 16.3 Å². The fourth-order valence-electron chi connectivity index (χ4n) is 2.08. The van der Waals surface area contributed by atoms with E-state index in [4.69, 9.17) is 0 Å². The maximum Gasteiger partial charge on any atom is 0.224 e. The van der Waals surface area contributed by atoms with Crippen molar-refractivity contribution in [3.8, 4) is 10.6 Å². The van der Waals surface area contributed by atoms with E-state index in [9.17, 15) is 9.18 Å². The Kier molecular flexibility index (Phi) is 4.73. The Balaban J connectivity index is 1.56. The van der Waals surface area contributed by atoms with E-state index in [1.807, 2.05) is 17.5 Å². The molecule has 0 radical (unpaired) electrons. The first-order valence-corrected chi connectivity index (χ1v) is 7.99. The van der Waals surface area contributed by atoms with Crippen molar-refractivity contribution in [1.29, 1.82) is 0 Å². The number of halogens is 1. The lowest BCUT2D eigenvalue weighted by Crippen LogP contribution is -2.12. The number of hydrogen-bond donors (Lipinski definition) is 1. The Labute approximate surface area is 137 Å². The van der Waals surface area contributed by atoms with Gasteiger partial charge >= 0.3 is 0 Å². The number of carbonyl (C=O) groups is 1. The standard InChI is InChI=1S/C17H14FN3OS/c18-13-2-1-3-14(10-13)20-16(22)5-4-15-11-23-17(21-15)12-6-8-19-9-7-12/h1-3,6-11H,4-5H2,(H,20,22). The van der Waals surface area contributed by atoms with Crippen LogP contribution in [0.4, 0.5) is 10.1 Å². The number of thiazole rings is 1. The van der Waals surface area contributed by atoms with Gasteiger partial charge < -0.3 is 5.32 Å². The predicted octanol–water partition coefficient (Wildman–Crippen LogP) is 3.92. The van der Waals surface area contributed by atoms with Crippen LogP contribution in [0.2, 0.25) is 0 Å². The molecule has 1 aromatic carbocycles. The van der Waals surface area contributed by atoms with Crippen LogP contribution in [0.5, 0.6) is 0 Å². The molecule has 0 spiro atoms. The van der Waals surface area contributed by atoms with E-state index in [0.29, 0.717) is 18.5 Å². The number of hydrogen-bond acceptors (Lipinski definition) is 4. The van der Waals surface area contributed by atoms with Gasteiger partial charge in [-0.25, -0.2) is 9.37 Å². The van der Waals surface area contributed by atoms with Crippen molar-refractivity contribution in [1.82, 2.24) is 9.97 Å². The fourth-order valence-corrected chi connectivity index (χ4v) is 2.94. The number of pyridine rings is 1. The van der Waals surface area contributed by atoms with Crippen molar-refractivity contribution in [3.05, 3.63) is 65.7 Å². The number of benzene rings is 1. The molecule has 0 saturated carbocycles. The average Bonchev–Trinajstić information content (AvgIpc) is 3.03. The van der Waals surface area contributed by atoms with Gasteiger partial charge in [-0.15, -0.1) is 11.3 Å².